The molecular weight excluding hydrogens is 182 g/mol. The molecule has 1 nitrogen and oxygen atoms in total. The van der Waals surface area contributed by atoms with E-state index < -0.39 is 0 Å². The Bertz CT molecular complexity index is 203. The SMILES string of the molecule is CC1CC(C)(C)CC1NC1CCCCC1. The van der Waals surface area contributed by atoms with Crippen LogP contribution in [0.3, 0.4) is 0 Å². The maximum atomic E-state index is 3.92. The van der Waals surface area contributed by atoms with Gasteiger partial charge in [0.2, 0.25) is 0 Å². The Hall–Kier alpha value is -0.0400. The van der Waals surface area contributed by atoms with Crippen LogP contribution < -0.4 is 5.32 Å². The third-order valence-electron chi connectivity index (χ3n) is 4.39. The first-order valence-corrected chi connectivity index (χ1v) is 6.83. The maximum Gasteiger partial charge on any atom is 0.0101 e. The van der Waals surface area contributed by atoms with Gasteiger partial charge in [-0.2, -0.15) is 0 Å². The van der Waals surface area contributed by atoms with Gasteiger partial charge in [0.15, 0.2) is 0 Å². The molecule has 2 aliphatic rings. The van der Waals surface area contributed by atoms with Gasteiger partial charge in [0.05, 0.1) is 0 Å². The minimum atomic E-state index is 0.575. The Balaban J connectivity index is 1.83. The van der Waals surface area contributed by atoms with E-state index in [0.717, 1.165) is 18.0 Å². The normalized spacial score (nSPS) is 37.0. The first-order valence-electron chi connectivity index (χ1n) is 6.83. The van der Waals surface area contributed by atoms with Gasteiger partial charge in [0, 0.05) is 12.1 Å². The molecule has 0 aromatic carbocycles. The van der Waals surface area contributed by atoms with Crippen molar-refractivity contribution in [3.8, 4) is 0 Å². The molecule has 1 N–H and O–H groups in total. The first-order chi connectivity index (χ1) is 7.07. The lowest BCUT2D eigenvalue weighted by Gasteiger charge is -2.28. The van der Waals surface area contributed by atoms with Crippen LogP contribution in [0.15, 0.2) is 0 Å². The fourth-order valence-corrected chi connectivity index (χ4v) is 3.69. The van der Waals surface area contributed by atoms with Crippen molar-refractivity contribution in [2.75, 3.05) is 0 Å². The summed E-state index contributed by atoms with van der Waals surface area (Å²) in [4.78, 5) is 0. The molecule has 15 heavy (non-hydrogen) atoms. The summed E-state index contributed by atoms with van der Waals surface area (Å²) in [6, 6.07) is 1.63. The van der Waals surface area contributed by atoms with Crippen LogP contribution in [0.25, 0.3) is 0 Å². The summed E-state index contributed by atoms with van der Waals surface area (Å²) in [5.74, 6) is 0.877. The molecule has 0 aliphatic heterocycles. The summed E-state index contributed by atoms with van der Waals surface area (Å²) < 4.78 is 0. The lowest BCUT2D eigenvalue weighted by Crippen LogP contribution is -2.41. The zero-order chi connectivity index (χ0) is 10.9. The van der Waals surface area contributed by atoms with Crippen LogP contribution in [0.2, 0.25) is 0 Å². The lowest BCUT2D eigenvalue weighted by atomic mass is 9.91. The van der Waals surface area contributed by atoms with Crippen molar-refractivity contribution in [1.29, 1.82) is 0 Å². The topological polar surface area (TPSA) is 12.0 Å². The molecule has 0 bridgehead atoms. The third-order valence-corrected chi connectivity index (χ3v) is 4.39. The van der Waals surface area contributed by atoms with Gasteiger partial charge >= 0.3 is 0 Å². The molecule has 2 fully saturated rings. The third kappa shape index (κ3) is 2.96. The van der Waals surface area contributed by atoms with Crippen molar-refractivity contribution in [1.82, 2.24) is 5.32 Å². The van der Waals surface area contributed by atoms with Gasteiger partial charge in [0.25, 0.3) is 0 Å². The molecule has 2 atom stereocenters. The molecule has 0 saturated heterocycles. The molecule has 0 aromatic rings. The lowest BCUT2D eigenvalue weighted by molar-refractivity contribution is 0.303. The molecule has 2 unspecified atom stereocenters. The summed E-state index contributed by atoms with van der Waals surface area (Å²) in [6.45, 7) is 7.27. The van der Waals surface area contributed by atoms with Crippen LogP contribution >= 0.6 is 0 Å². The fraction of sp³-hybridized carbons (Fsp3) is 1.00. The average Bonchev–Trinajstić information content (AvgIpc) is 2.41. The summed E-state index contributed by atoms with van der Waals surface area (Å²) in [5, 5.41) is 3.92. The van der Waals surface area contributed by atoms with Gasteiger partial charge < -0.3 is 5.32 Å². The van der Waals surface area contributed by atoms with Crippen LogP contribution in [0, 0.1) is 11.3 Å². The van der Waals surface area contributed by atoms with Crippen LogP contribution in [0.5, 0.6) is 0 Å². The van der Waals surface area contributed by atoms with Crippen molar-refractivity contribution >= 4 is 0 Å². The van der Waals surface area contributed by atoms with Crippen LogP contribution in [0.1, 0.15) is 65.7 Å². The van der Waals surface area contributed by atoms with Gasteiger partial charge in [-0.3, -0.25) is 0 Å². The second-order valence-electron chi connectivity index (χ2n) is 6.66. The Morgan fingerprint density at radius 1 is 1.00 bits per heavy atom. The van der Waals surface area contributed by atoms with Gasteiger partial charge in [-0.1, -0.05) is 40.0 Å². The molecule has 88 valence electrons. The highest BCUT2D eigenvalue weighted by Gasteiger charge is 2.37. The Morgan fingerprint density at radius 2 is 1.67 bits per heavy atom. The Kier molecular flexibility index (Phi) is 3.39. The molecular formula is C14H27N. The highest BCUT2D eigenvalue weighted by atomic mass is 15.0. The number of rotatable bonds is 2. The molecule has 0 aromatic heterocycles. The zero-order valence-corrected chi connectivity index (χ0v) is 10.7. The predicted molar refractivity (Wildman–Crippen MR) is 66.0 cm³/mol. The predicted octanol–water partition coefficient (Wildman–Crippen LogP) is 3.73. The van der Waals surface area contributed by atoms with Crippen molar-refractivity contribution in [2.24, 2.45) is 11.3 Å². The molecule has 2 aliphatic carbocycles. The minimum absolute atomic E-state index is 0.575. The summed E-state index contributed by atoms with van der Waals surface area (Å²) >= 11 is 0. The van der Waals surface area contributed by atoms with E-state index in [-0.39, 0.29) is 0 Å². The average molecular weight is 209 g/mol. The van der Waals surface area contributed by atoms with Crippen LogP contribution in [0.4, 0.5) is 0 Å². The van der Waals surface area contributed by atoms with E-state index in [1.165, 1.54) is 44.9 Å². The second kappa shape index (κ2) is 4.45. The number of nitrogens with one attached hydrogen (secondary N) is 1. The highest BCUT2D eigenvalue weighted by Crippen LogP contribution is 2.41. The first kappa shape index (κ1) is 11.4. The molecule has 2 saturated carbocycles. The monoisotopic (exact) mass is 209 g/mol. The number of hydrogen-bond donors (Lipinski definition) is 1. The van der Waals surface area contributed by atoms with Gasteiger partial charge in [-0.15, -0.1) is 0 Å². The molecule has 2 rings (SSSR count). The van der Waals surface area contributed by atoms with E-state index >= 15 is 0 Å². The summed E-state index contributed by atoms with van der Waals surface area (Å²) in [6.07, 6.45) is 9.98. The largest absolute Gasteiger partial charge is 0.311 e. The summed E-state index contributed by atoms with van der Waals surface area (Å²) in [5.41, 5.74) is 0.575. The molecule has 0 amide bonds. The van der Waals surface area contributed by atoms with Crippen molar-refractivity contribution in [3.05, 3.63) is 0 Å². The Morgan fingerprint density at radius 3 is 2.20 bits per heavy atom. The van der Waals surface area contributed by atoms with Crippen molar-refractivity contribution in [2.45, 2.75) is 77.8 Å². The second-order valence-corrected chi connectivity index (χ2v) is 6.66. The van der Waals surface area contributed by atoms with E-state index in [1.807, 2.05) is 0 Å². The summed E-state index contributed by atoms with van der Waals surface area (Å²) in [7, 11) is 0. The van der Waals surface area contributed by atoms with Crippen LogP contribution in [-0.2, 0) is 0 Å². The number of hydrogen-bond acceptors (Lipinski definition) is 1. The fourth-order valence-electron chi connectivity index (χ4n) is 3.69. The molecule has 0 radical (unpaired) electrons. The smallest absolute Gasteiger partial charge is 0.0101 e. The van der Waals surface area contributed by atoms with Gasteiger partial charge in [-0.05, 0) is 37.0 Å². The van der Waals surface area contributed by atoms with E-state index in [9.17, 15) is 0 Å². The Labute approximate surface area is 95.0 Å². The van der Waals surface area contributed by atoms with E-state index in [0.29, 0.717) is 5.41 Å². The van der Waals surface area contributed by atoms with Crippen LogP contribution in [-0.4, -0.2) is 12.1 Å². The quantitative estimate of drug-likeness (QED) is 0.730. The van der Waals surface area contributed by atoms with E-state index in [2.05, 4.69) is 26.1 Å². The highest BCUT2D eigenvalue weighted by molar-refractivity contribution is 4.92. The molecule has 0 spiro atoms. The maximum absolute atomic E-state index is 3.92. The van der Waals surface area contributed by atoms with E-state index in [1.54, 1.807) is 0 Å². The van der Waals surface area contributed by atoms with Crippen molar-refractivity contribution < 1.29 is 0 Å². The minimum Gasteiger partial charge on any atom is -0.311 e. The van der Waals surface area contributed by atoms with Gasteiger partial charge in [0.1, 0.15) is 0 Å². The van der Waals surface area contributed by atoms with Gasteiger partial charge in [-0.25, -0.2) is 0 Å². The zero-order valence-electron chi connectivity index (χ0n) is 10.7. The van der Waals surface area contributed by atoms with E-state index in [4.69, 9.17) is 0 Å². The molecule has 0 heterocycles. The standard InChI is InChI=1S/C14H27N/c1-11-9-14(2,3)10-13(11)15-12-7-5-4-6-8-12/h11-13,15H,4-10H2,1-3H3. The van der Waals surface area contributed by atoms with Crippen molar-refractivity contribution in [3.63, 3.8) is 0 Å². The molecule has 1 heteroatoms.